The Labute approximate surface area is 118 Å². The fourth-order valence-corrected chi connectivity index (χ4v) is 2.13. The Hall–Kier alpha value is -2.28. The van der Waals surface area contributed by atoms with Gasteiger partial charge in [0.05, 0.1) is 6.54 Å². The van der Waals surface area contributed by atoms with Crippen LogP contribution in [-0.2, 0) is 6.54 Å². The molecule has 20 heavy (non-hydrogen) atoms. The van der Waals surface area contributed by atoms with Crippen molar-refractivity contribution >= 4 is 5.82 Å². The van der Waals surface area contributed by atoms with Crippen molar-refractivity contribution in [3.63, 3.8) is 0 Å². The number of terminal acetylenes is 1. The number of nitrogens with two attached hydrogens (primary N) is 1. The Balaban J connectivity index is 2.60. The van der Waals surface area contributed by atoms with Crippen LogP contribution in [0.5, 0.6) is 0 Å². The zero-order valence-electron chi connectivity index (χ0n) is 11.9. The summed E-state index contributed by atoms with van der Waals surface area (Å²) in [5.41, 5.74) is 7.98. The number of hydrogen-bond donors (Lipinski definition) is 1. The lowest BCUT2D eigenvalue weighted by molar-refractivity contribution is 0.619. The molecule has 2 aromatic rings. The van der Waals surface area contributed by atoms with Crippen LogP contribution in [0.25, 0.3) is 11.3 Å². The molecule has 2 N–H and O–H groups in total. The first kappa shape index (κ1) is 14.1. The second-order valence-electron chi connectivity index (χ2n) is 5.11. The standard InChI is InChI=1S/C16H18FN3/c1-5-8-20-15(18)14(19-16(20)10(2)3)12-7-6-11(4)13(17)9-12/h1,6-7,9-10H,8,18H2,2-4H3. The molecule has 0 atom stereocenters. The second kappa shape index (κ2) is 5.38. The van der Waals surface area contributed by atoms with Crippen molar-refractivity contribution in [2.75, 3.05) is 5.73 Å². The average molecular weight is 271 g/mol. The van der Waals surface area contributed by atoms with Crippen molar-refractivity contribution in [2.45, 2.75) is 33.2 Å². The van der Waals surface area contributed by atoms with E-state index in [4.69, 9.17) is 12.2 Å². The Morgan fingerprint density at radius 1 is 1.45 bits per heavy atom. The molecule has 2 rings (SSSR count). The van der Waals surface area contributed by atoms with Crippen molar-refractivity contribution in [3.8, 4) is 23.6 Å². The van der Waals surface area contributed by atoms with E-state index in [0.717, 1.165) is 5.82 Å². The van der Waals surface area contributed by atoms with Crippen LogP contribution in [0.2, 0.25) is 0 Å². The molecule has 1 aromatic heterocycles. The van der Waals surface area contributed by atoms with Gasteiger partial charge in [-0.3, -0.25) is 0 Å². The van der Waals surface area contributed by atoms with Crippen LogP contribution in [0.1, 0.15) is 31.2 Å². The lowest BCUT2D eigenvalue weighted by Gasteiger charge is -2.08. The molecule has 0 aliphatic carbocycles. The van der Waals surface area contributed by atoms with Gasteiger partial charge < -0.3 is 10.3 Å². The maximum atomic E-state index is 13.7. The lowest BCUT2D eigenvalue weighted by Crippen LogP contribution is -2.07. The quantitative estimate of drug-likeness (QED) is 0.870. The number of halogens is 1. The van der Waals surface area contributed by atoms with Crippen molar-refractivity contribution in [1.29, 1.82) is 0 Å². The highest BCUT2D eigenvalue weighted by Gasteiger charge is 2.18. The minimum atomic E-state index is -0.264. The Bertz CT molecular complexity index is 678. The molecule has 0 amide bonds. The molecule has 0 saturated heterocycles. The van der Waals surface area contributed by atoms with E-state index >= 15 is 0 Å². The van der Waals surface area contributed by atoms with E-state index in [1.165, 1.54) is 6.07 Å². The summed E-state index contributed by atoms with van der Waals surface area (Å²) in [5.74, 6) is 3.80. The third-order valence-corrected chi connectivity index (χ3v) is 3.25. The van der Waals surface area contributed by atoms with Gasteiger partial charge in [0.15, 0.2) is 0 Å². The number of benzene rings is 1. The van der Waals surface area contributed by atoms with E-state index in [1.54, 1.807) is 17.6 Å². The van der Waals surface area contributed by atoms with Gasteiger partial charge in [-0.05, 0) is 18.6 Å². The molecule has 0 radical (unpaired) electrons. The molecule has 3 nitrogen and oxygen atoms in total. The summed E-state index contributed by atoms with van der Waals surface area (Å²) in [6.07, 6.45) is 5.38. The van der Waals surface area contributed by atoms with Gasteiger partial charge in [0.1, 0.15) is 23.2 Å². The van der Waals surface area contributed by atoms with Crippen molar-refractivity contribution in [3.05, 3.63) is 35.4 Å². The number of aryl methyl sites for hydroxylation is 1. The number of nitrogens with zero attached hydrogens (tertiary/aromatic N) is 2. The SMILES string of the molecule is C#CCn1c(C(C)C)nc(-c2ccc(C)c(F)c2)c1N. The van der Waals surface area contributed by atoms with Gasteiger partial charge in [-0.2, -0.15) is 0 Å². The number of nitrogen functional groups attached to an aromatic ring is 1. The van der Waals surface area contributed by atoms with E-state index in [-0.39, 0.29) is 11.7 Å². The highest BCUT2D eigenvalue weighted by molar-refractivity contribution is 5.71. The third-order valence-electron chi connectivity index (χ3n) is 3.25. The summed E-state index contributed by atoms with van der Waals surface area (Å²) in [7, 11) is 0. The van der Waals surface area contributed by atoms with Crippen molar-refractivity contribution in [2.24, 2.45) is 0 Å². The Morgan fingerprint density at radius 2 is 2.15 bits per heavy atom. The van der Waals surface area contributed by atoms with Crippen LogP contribution in [0, 0.1) is 25.1 Å². The number of aromatic nitrogens is 2. The maximum Gasteiger partial charge on any atom is 0.132 e. The molecule has 0 spiro atoms. The highest BCUT2D eigenvalue weighted by Crippen LogP contribution is 2.30. The summed E-state index contributed by atoms with van der Waals surface area (Å²) < 4.78 is 15.5. The molecule has 4 heteroatoms. The number of rotatable bonds is 3. The topological polar surface area (TPSA) is 43.8 Å². The minimum absolute atomic E-state index is 0.190. The highest BCUT2D eigenvalue weighted by atomic mass is 19.1. The largest absolute Gasteiger partial charge is 0.383 e. The summed E-state index contributed by atoms with van der Waals surface area (Å²) in [6.45, 7) is 6.13. The molecular weight excluding hydrogens is 253 g/mol. The smallest absolute Gasteiger partial charge is 0.132 e. The minimum Gasteiger partial charge on any atom is -0.383 e. The molecule has 104 valence electrons. The van der Waals surface area contributed by atoms with Crippen molar-refractivity contribution < 1.29 is 4.39 Å². The van der Waals surface area contributed by atoms with Gasteiger partial charge in [0, 0.05) is 11.5 Å². The summed E-state index contributed by atoms with van der Waals surface area (Å²) in [5, 5.41) is 0. The predicted molar refractivity (Wildman–Crippen MR) is 79.7 cm³/mol. The molecule has 0 saturated carbocycles. The first-order valence-corrected chi connectivity index (χ1v) is 6.51. The first-order chi connectivity index (χ1) is 9.45. The molecule has 0 aliphatic heterocycles. The maximum absolute atomic E-state index is 13.7. The van der Waals surface area contributed by atoms with E-state index < -0.39 is 0 Å². The fourth-order valence-electron chi connectivity index (χ4n) is 2.13. The summed E-state index contributed by atoms with van der Waals surface area (Å²) in [4.78, 5) is 4.54. The monoisotopic (exact) mass is 271 g/mol. The van der Waals surface area contributed by atoms with Gasteiger partial charge in [-0.15, -0.1) is 6.42 Å². The number of hydrogen-bond acceptors (Lipinski definition) is 2. The molecular formula is C16H18FN3. The third kappa shape index (κ3) is 2.39. The summed E-state index contributed by atoms with van der Waals surface area (Å²) in [6, 6.07) is 5.00. The predicted octanol–water partition coefficient (Wildman–Crippen LogP) is 3.34. The lowest BCUT2D eigenvalue weighted by atomic mass is 10.1. The van der Waals surface area contributed by atoms with Crippen LogP contribution in [-0.4, -0.2) is 9.55 Å². The molecule has 1 aromatic carbocycles. The zero-order valence-corrected chi connectivity index (χ0v) is 11.9. The molecule has 0 unspecified atom stereocenters. The number of imidazole rings is 1. The van der Waals surface area contributed by atoms with Crippen LogP contribution in [0.4, 0.5) is 10.2 Å². The van der Waals surface area contributed by atoms with Crippen LogP contribution < -0.4 is 5.73 Å². The molecule has 1 heterocycles. The van der Waals surface area contributed by atoms with Gasteiger partial charge in [0.25, 0.3) is 0 Å². The van der Waals surface area contributed by atoms with E-state index in [0.29, 0.717) is 29.2 Å². The van der Waals surface area contributed by atoms with Crippen molar-refractivity contribution in [1.82, 2.24) is 9.55 Å². The number of anilines is 1. The normalized spacial score (nSPS) is 10.8. The van der Waals surface area contributed by atoms with Gasteiger partial charge in [-0.1, -0.05) is 31.9 Å². The second-order valence-corrected chi connectivity index (χ2v) is 5.11. The van der Waals surface area contributed by atoms with Crippen LogP contribution >= 0.6 is 0 Å². The first-order valence-electron chi connectivity index (χ1n) is 6.51. The van der Waals surface area contributed by atoms with Crippen LogP contribution in [0.3, 0.4) is 0 Å². The van der Waals surface area contributed by atoms with Gasteiger partial charge in [-0.25, -0.2) is 9.37 Å². The fraction of sp³-hybridized carbons (Fsp3) is 0.312. The molecule has 0 fully saturated rings. The molecule has 0 aliphatic rings. The van der Waals surface area contributed by atoms with E-state index in [2.05, 4.69) is 10.9 Å². The van der Waals surface area contributed by atoms with Gasteiger partial charge in [0.2, 0.25) is 0 Å². The average Bonchev–Trinajstić information content (AvgIpc) is 2.72. The van der Waals surface area contributed by atoms with E-state index in [1.807, 2.05) is 19.9 Å². The summed E-state index contributed by atoms with van der Waals surface area (Å²) >= 11 is 0. The van der Waals surface area contributed by atoms with Gasteiger partial charge >= 0.3 is 0 Å². The van der Waals surface area contributed by atoms with E-state index in [9.17, 15) is 4.39 Å². The zero-order chi connectivity index (χ0) is 14.9. The Morgan fingerprint density at radius 3 is 2.70 bits per heavy atom. The Kier molecular flexibility index (Phi) is 3.80. The van der Waals surface area contributed by atoms with Crippen LogP contribution in [0.15, 0.2) is 18.2 Å². The molecule has 0 bridgehead atoms.